The first-order valence-electron chi connectivity index (χ1n) is 3.95. The topological polar surface area (TPSA) is 21.3 Å². The van der Waals surface area contributed by atoms with Crippen LogP contribution >= 0.6 is 0 Å². The highest BCUT2D eigenvalue weighted by Gasteiger charge is 2.17. The van der Waals surface area contributed by atoms with Crippen molar-refractivity contribution in [1.82, 2.24) is 0 Å². The van der Waals surface area contributed by atoms with E-state index < -0.39 is 0 Å². The van der Waals surface area contributed by atoms with Crippen LogP contribution in [-0.2, 0) is 0 Å². The summed E-state index contributed by atoms with van der Waals surface area (Å²) in [5.74, 6) is 0.0440. The van der Waals surface area contributed by atoms with E-state index in [0.717, 1.165) is 5.69 Å². The van der Waals surface area contributed by atoms with Gasteiger partial charge in [-0.3, -0.25) is 0 Å². The maximum atomic E-state index is 13.0. The zero-order valence-corrected chi connectivity index (χ0v) is 6.80. The Morgan fingerprint density at radius 2 is 2.42 bits per heavy atom. The Bertz CT molecular complexity index is 301. The molecule has 2 rings (SSSR count). The van der Waals surface area contributed by atoms with Crippen molar-refractivity contribution in [1.29, 1.82) is 0 Å². The van der Waals surface area contributed by atoms with Crippen LogP contribution in [0.4, 0.5) is 10.1 Å². The Labute approximate surface area is 70.3 Å². The van der Waals surface area contributed by atoms with Crippen LogP contribution in [-0.4, -0.2) is 12.6 Å². The van der Waals surface area contributed by atoms with E-state index in [1.165, 1.54) is 6.07 Å². The summed E-state index contributed by atoms with van der Waals surface area (Å²) in [6, 6.07) is 5.13. The normalized spacial score (nSPS) is 20.7. The second-order valence-corrected chi connectivity index (χ2v) is 2.97. The third kappa shape index (κ3) is 1.11. The molecule has 12 heavy (non-hydrogen) atoms. The van der Waals surface area contributed by atoms with Crippen LogP contribution in [0.3, 0.4) is 0 Å². The molecule has 0 radical (unpaired) electrons. The highest BCUT2D eigenvalue weighted by molar-refractivity contribution is 5.58. The summed E-state index contributed by atoms with van der Waals surface area (Å²) in [4.78, 5) is 0. The number of hydrogen-bond acceptors (Lipinski definition) is 2. The fourth-order valence-corrected chi connectivity index (χ4v) is 1.28. The molecule has 0 aliphatic carbocycles. The molecule has 0 fully saturated rings. The molecule has 1 heterocycles. The number of fused-ring (bicyclic) bond motifs is 1. The fraction of sp³-hybridized carbons (Fsp3) is 0.333. The SMILES string of the molecule is C[C@H]1COc2c(F)cccc2N1. The van der Waals surface area contributed by atoms with Crippen molar-refractivity contribution in [2.75, 3.05) is 11.9 Å². The first-order valence-corrected chi connectivity index (χ1v) is 3.95. The molecule has 1 aliphatic heterocycles. The number of anilines is 1. The van der Waals surface area contributed by atoms with Gasteiger partial charge >= 0.3 is 0 Å². The third-order valence-corrected chi connectivity index (χ3v) is 1.85. The van der Waals surface area contributed by atoms with Crippen LogP contribution in [0, 0.1) is 5.82 Å². The molecule has 0 saturated carbocycles. The van der Waals surface area contributed by atoms with Gasteiger partial charge in [-0.05, 0) is 19.1 Å². The number of hydrogen-bond donors (Lipinski definition) is 1. The summed E-state index contributed by atoms with van der Waals surface area (Å²) in [5, 5.41) is 3.14. The largest absolute Gasteiger partial charge is 0.486 e. The van der Waals surface area contributed by atoms with E-state index in [1.54, 1.807) is 6.07 Å². The predicted molar refractivity (Wildman–Crippen MR) is 45.0 cm³/mol. The molecule has 3 heteroatoms. The monoisotopic (exact) mass is 167 g/mol. The molecule has 1 N–H and O–H groups in total. The van der Waals surface area contributed by atoms with Gasteiger partial charge in [-0.25, -0.2) is 4.39 Å². The van der Waals surface area contributed by atoms with Gasteiger partial charge in [0, 0.05) is 0 Å². The van der Waals surface area contributed by atoms with Gasteiger partial charge in [-0.1, -0.05) is 6.07 Å². The molecule has 1 atom stereocenters. The number of ether oxygens (including phenoxy) is 1. The number of benzene rings is 1. The molecule has 1 aromatic rings. The van der Waals surface area contributed by atoms with Crippen LogP contribution in [0.1, 0.15) is 6.92 Å². The molecule has 2 nitrogen and oxygen atoms in total. The molecule has 0 amide bonds. The Morgan fingerprint density at radius 3 is 3.25 bits per heavy atom. The minimum Gasteiger partial charge on any atom is -0.486 e. The van der Waals surface area contributed by atoms with Gasteiger partial charge in [-0.2, -0.15) is 0 Å². The second-order valence-electron chi connectivity index (χ2n) is 2.97. The van der Waals surface area contributed by atoms with Crippen LogP contribution < -0.4 is 10.1 Å². The first-order chi connectivity index (χ1) is 5.77. The maximum absolute atomic E-state index is 13.0. The van der Waals surface area contributed by atoms with Gasteiger partial charge in [0.05, 0.1) is 11.7 Å². The number of para-hydroxylation sites is 1. The number of nitrogens with one attached hydrogen (secondary N) is 1. The van der Waals surface area contributed by atoms with Gasteiger partial charge in [0.15, 0.2) is 11.6 Å². The van der Waals surface area contributed by atoms with Gasteiger partial charge < -0.3 is 10.1 Å². The van der Waals surface area contributed by atoms with Crippen molar-refractivity contribution < 1.29 is 9.13 Å². The molecule has 0 spiro atoms. The molecule has 0 aromatic heterocycles. The lowest BCUT2D eigenvalue weighted by Crippen LogP contribution is -2.28. The standard InChI is InChI=1S/C9H10FNO/c1-6-5-12-9-7(10)3-2-4-8(9)11-6/h2-4,6,11H,5H2,1H3/t6-/m0/s1. The predicted octanol–water partition coefficient (Wildman–Crippen LogP) is 2.02. The minimum absolute atomic E-state index is 0.249. The molecule has 1 aliphatic rings. The molecule has 0 bridgehead atoms. The summed E-state index contributed by atoms with van der Waals surface area (Å²) in [6.07, 6.45) is 0. The molecular weight excluding hydrogens is 157 g/mol. The third-order valence-electron chi connectivity index (χ3n) is 1.85. The summed E-state index contributed by atoms with van der Waals surface area (Å²) in [5.41, 5.74) is 0.744. The van der Waals surface area contributed by atoms with E-state index in [1.807, 2.05) is 13.0 Å². The van der Waals surface area contributed by atoms with Gasteiger partial charge in [0.2, 0.25) is 0 Å². The van der Waals surface area contributed by atoms with Crippen molar-refractivity contribution in [3.63, 3.8) is 0 Å². The molecule has 64 valence electrons. The van der Waals surface area contributed by atoms with Crippen molar-refractivity contribution in [3.8, 4) is 5.75 Å². The second kappa shape index (κ2) is 2.66. The zero-order valence-electron chi connectivity index (χ0n) is 6.80. The van der Waals surface area contributed by atoms with Crippen molar-refractivity contribution >= 4 is 5.69 Å². The lowest BCUT2D eigenvalue weighted by Gasteiger charge is -2.24. The molecule has 0 saturated heterocycles. The van der Waals surface area contributed by atoms with Crippen molar-refractivity contribution in [2.24, 2.45) is 0 Å². The first kappa shape index (κ1) is 7.40. The number of halogens is 1. The maximum Gasteiger partial charge on any atom is 0.178 e. The van der Waals surface area contributed by atoms with Gasteiger partial charge in [0.1, 0.15) is 6.61 Å². The summed E-state index contributed by atoms with van der Waals surface area (Å²) >= 11 is 0. The van der Waals surface area contributed by atoms with Gasteiger partial charge in [-0.15, -0.1) is 0 Å². The lowest BCUT2D eigenvalue weighted by molar-refractivity contribution is 0.277. The smallest absolute Gasteiger partial charge is 0.178 e. The quantitative estimate of drug-likeness (QED) is 0.638. The van der Waals surface area contributed by atoms with Crippen LogP contribution in [0.5, 0.6) is 5.75 Å². The van der Waals surface area contributed by atoms with E-state index in [-0.39, 0.29) is 11.9 Å². The molecular formula is C9H10FNO. The molecule has 0 unspecified atom stereocenters. The highest BCUT2D eigenvalue weighted by atomic mass is 19.1. The van der Waals surface area contributed by atoms with E-state index in [9.17, 15) is 4.39 Å². The average molecular weight is 167 g/mol. The van der Waals surface area contributed by atoms with Crippen LogP contribution in [0.2, 0.25) is 0 Å². The summed E-state index contributed by atoms with van der Waals surface area (Å²) < 4.78 is 18.3. The zero-order chi connectivity index (χ0) is 8.55. The highest BCUT2D eigenvalue weighted by Crippen LogP contribution is 2.30. The van der Waals surface area contributed by atoms with E-state index >= 15 is 0 Å². The average Bonchev–Trinajstić information content (AvgIpc) is 2.04. The van der Waals surface area contributed by atoms with E-state index in [2.05, 4.69) is 5.32 Å². The van der Waals surface area contributed by atoms with Crippen LogP contribution in [0.25, 0.3) is 0 Å². The Balaban J connectivity index is 2.42. The number of rotatable bonds is 0. The van der Waals surface area contributed by atoms with Gasteiger partial charge in [0.25, 0.3) is 0 Å². The molecule has 1 aromatic carbocycles. The Hall–Kier alpha value is -1.25. The van der Waals surface area contributed by atoms with Crippen molar-refractivity contribution in [3.05, 3.63) is 24.0 Å². The Kier molecular flexibility index (Phi) is 1.64. The lowest BCUT2D eigenvalue weighted by atomic mass is 10.2. The van der Waals surface area contributed by atoms with Crippen LogP contribution in [0.15, 0.2) is 18.2 Å². The fourth-order valence-electron chi connectivity index (χ4n) is 1.28. The van der Waals surface area contributed by atoms with E-state index in [0.29, 0.717) is 12.4 Å². The van der Waals surface area contributed by atoms with Crippen molar-refractivity contribution in [2.45, 2.75) is 13.0 Å². The summed E-state index contributed by atoms with van der Waals surface area (Å²) in [7, 11) is 0. The Morgan fingerprint density at radius 1 is 1.58 bits per heavy atom. The minimum atomic E-state index is -0.299. The summed E-state index contributed by atoms with van der Waals surface area (Å²) in [6.45, 7) is 2.52. The van der Waals surface area contributed by atoms with E-state index in [4.69, 9.17) is 4.74 Å².